The van der Waals surface area contributed by atoms with Gasteiger partial charge in [0.05, 0.1) is 11.1 Å². The molecule has 1 aliphatic heterocycles. The molecule has 3 heterocycles. The zero-order valence-electron chi connectivity index (χ0n) is 17.4. The second kappa shape index (κ2) is 9.22. The Bertz CT molecular complexity index is 1350. The molecule has 0 atom stereocenters. The van der Waals surface area contributed by atoms with E-state index in [-0.39, 0.29) is 11.9 Å². The number of H-pyrrole nitrogens is 1. The molecule has 8 nitrogen and oxygen atoms in total. The van der Waals surface area contributed by atoms with Crippen molar-refractivity contribution in [2.24, 2.45) is 0 Å². The number of benzene rings is 2. The second-order valence-corrected chi connectivity index (χ2v) is 7.20. The van der Waals surface area contributed by atoms with E-state index < -0.39 is 12.1 Å². The van der Waals surface area contributed by atoms with E-state index in [4.69, 9.17) is 14.6 Å². The summed E-state index contributed by atoms with van der Waals surface area (Å²) in [5.41, 5.74) is 4.21. The third-order valence-electron chi connectivity index (χ3n) is 4.88. The number of hydrogen-bond donors (Lipinski definition) is 3. The van der Waals surface area contributed by atoms with E-state index in [1.54, 1.807) is 6.20 Å². The molecule has 1 amide bonds. The van der Waals surface area contributed by atoms with Gasteiger partial charge in [-0.2, -0.15) is 18.2 Å². The van der Waals surface area contributed by atoms with Crippen molar-refractivity contribution in [1.82, 2.24) is 20.3 Å². The number of para-hydroxylation sites is 2. The number of fused-ring (bicyclic) bond motifs is 2. The van der Waals surface area contributed by atoms with Gasteiger partial charge in [-0.1, -0.05) is 36.4 Å². The van der Waals surface area contributed by atoms with Crippen molar-refractivity contribution in [3.63, 3.8) is 0 Å². The number of carboxylic acids is 1. The van der Waals surface area contributed by atoms with Crippen LogP contribution in [0.15, 0.2) is 60.8 Å². The first-order valence-electron chi connectivity index (χ1n) is 10.0. The van der Waals surface area contributed by atoms with Gasteiger partial charge in [0.15, 0.2) is 0 Å². The van der Waals surface area contributed by atoms with Crippen LogP contribution in [0.4, 0.5) is 13.2 Å². The van der Waals surface area contributed by atoms with Gasteiger partial charge in [-0.3, -0.25) is 4.79 Å². The Hall–Kier alpha value is -4.41. The van der Waals surface area contributed by atoms with Crippen LogP contribution in [0.25, 0.3) is 22.2 Å². The lowest BCUT2D eigenvalue weighted by Gasteiger charge is -2.11. The highest BCUT2D eigenvalue weighted by molar-refractivity contribution is 5.99. The number of halogens is 3. The molecule has 1 aliphatic rings. The summed E-state index contributed by atoms with van der Waals surface area (Å²) < 4.78 is 37.5. The number of aliphatic carboxylic acids is 1. The molecule has 5 rings (SSSR count). The quantitative estimate of drug-likeness (QED) is 0.410. The van der Waals surface area contributed by atoms with Crippen LogP contribution in [0.2, 0.25) is 0 Å². The number of ether oxygens (including phenoxy) is 1. The van der Waals surface area contributed by atoms with Crippen LogP contribution in [0, 0.1) is 0 Å². The van der Waals surface area contributed by atoms with Gasteiger partial charge in [0.2, 0.25) is 0 Å². The number of carbonyl (C=O) groups excluding carboxylic acids is 1. The number of carbonyl (C=O) groups is 2. The maximum Gasteiger partial charge on any atom is 0.490 e. The Morgan fingerprint density at radius 3 is 2.47 bits per heavy atom. The Kier molecular flexibility index (Phi) is 6.17. The number of nitrogens with zero attached hydrogens (tertiary/aromatic N) is 2. The van der Waals surface area contributed by atoms with Gasteiger partial charge in [-0.05, 0) is 18.2 Å². The highest BCUT2D eigenvalue weighted by Crippen LogP contribution is 2.30. The normalized spacial score (nSPS) is 12.9. The van der Waals surface area contributed by atoms with Crippen LogP contribution in [0.5, 0.6) is 11.8 Å². The Morgan fingerprint density at radius 1 is 1.06 bits per heavy atom. The Morgan fingerprint density at radius 2 is 1.79 bits per heavy atom. The van der Waals surface area contributed by atoms with Crippen molar-refractivity contribution >= 4 is 22.8 Å². The van der Waals surface area contributed by atoms with Crippen LogP contribution in [0.3, 0.4) is 0 Å². The second-order valence-electron chi connectivity index (χ2n) is 7.20. The van der Waals surface area contributed by atoms with Crippen molar-refractivity contribution in [3.05, 3.63) is 72.1 Å². The zero-order chi connectivity index (χ0) is 24.3. The minimum atomic E-state index is -5.08. The van der Waals surface area contributed by atoms with Crippen molar-refractivity contribution in [1.29, 1.82) is 0 Å². The summed E-state index contributed by atoms with van der Waals surface area (Å²) >= 11 is 0. The highest BCUT2D eigenvalue weighted by Gasteiger charge is 2.38. The molecular formula is C23H17F3N4O4. The number of hydrogen-bond acceptors (Lipinski definition) is 5. The molecule has 3 N–H and O–H groups in total. The molecule has 11 heteroatoms. The molecule has 0 radical (unpaired) electrons. The summed E-state index contributed by atoms with van der Waals surface area (Å²) in [5, 5.41) is 10.9. The first-order chi connectivity index (χ1) is 16.2. The molecule has 0 spiro atoms. The predicted molar refractivity (Wildman–Crippen MR) is 116 cm³/mol. The lowest BCUT2D eigenvalue weighted by molar-refractivity contribution is -0.192. The third-order valence-corrected chi connectivity index (χ3v) is 4.88. The molecule has 2 aromatic carbocycles. The van der Waals surface area contributed by atoms with Crippen LogP contribution in [-0.4, -0.2) is 44.7 Å². The van der Waals surface area contributed by atoms with E-state index in [9.17, 15) is 18.0 Å². The fraction of sp³-hybridized carbons (Fsp3) is 0.130. The van der Waals surface area contributed by atoms with E-state index >= 15 is 0 Å². The number of nitrogens with one attached hydrogen (secondary N) is 2. The SMILES string of the molecule is O=C(O)C(F)(F)F.O=C1NCCc2[nH]c(-c3cccc4cnc(Oc5ccccc5)nc34)cc21. The van der Waals surface area contributed by atoms with E-state index in [2.05, 4.69) is 20.3 Å². The monoisotopic (exact) mass is 470 g/mol. The van der Waals surface area contributed by atoms with Gasteiger partial charge >= 0.3 is 18.2 Å². The molecule has 0 fully saturated rings. The number of aromatic amines is 1. The topological polar surface area (TPSA) is 117 Å². The molecular weight excluding hydrogens is 453 g/mol. The van der Waals surface area contributed by atoms with Gasteiger partial charge < -0.3 is 20.1 Å². The van der Waals surface area contributed by atoms with E-state index in [0.717, 1.165) is 34.3 Å². The number of rotatable bonds is 3. The number of carboxylic acid groups (broad SMARTS) is 1. The smallest absolute Gasteiger partial charge is 0.475 e. The third kappa shape index (κ3) is 4.98. The standard InChI is InChI=1S/C21H16N4O2.C2HF3O2/c26-20-16-11-18(24-17(16)9-10-22-20)15-8-4-5-13-12-23-21(25-19(13)15)27-14-6-2-1-3-7-14;3-2(4,5)1(6)7/h1-8,11-12,24H,9-10H2,(H,22,26);(H,6,7). The van der Waals surface area contributed by atoms with E-state index in [1.165, 1.54) is 0 Å². The minimum Gasteiger partial charge on any atom is -0.475 e. The van der Waals surface area contributed by atoms with Gasteiger partial charge in [0.1, 0.15) is 5.75 Å². The first-order valence-corrected chi connectivity index (χ1v) is 10.0. The Balaban J connectivity index is 0.000000344. The Labute approximate surface area is 190 Å². The summed E-state index contributed by atoms with van der Waals surface area (Å²) in [6, 6.07) is 17.5. The average molecular weight is 470 g/mol. The molecule has 0 bridgehead atoms. The highest BCUT2D eigenvalue weighted by atomic mass is 19.4. The van der Waals surface area contributed by atoms with Crippen molar-refractivity contribution in [3.8, 4) is 23.0 Å². The van der Waals surface area contributed by atoms with Gasteiger partial charge in [-0.15, -0.1) is 0 Å². The van der Waals surface area contributed by atoms with Gasteiger partial charge in [0.25, 0.3) is 5.91 Å². The van der Waals surface area contributed by atoms with Crippen molar-refractivity contribution < 1.29 is 32.6 Å². The summed E-state index contributed by atoms with van der Waals surface area (Å²) in [6.07, 6.45) is -2.54. The average Bonchev–Trinajstić information content (AvgIpc) is 3.25. The van der Waals surface area contributed by atoms with Crippen LogP contribution in [-0.2, 0) is 11.2 Å². The summed E-state index contributed by atoms with van der Waals surface area (Å²) in [5.74, 6) is -2.12. The molecule has 174 valence electrons. The maximum absolute atomic E-state index is 12.1. The first kappa shape index (κ1) is 22.8. The summed E-state index contributed by atoms with van der Waals surface area (Å²) in [7, 11) is 0. The van der Waals surface area contributed by atoms with Gasteiger partial charge in [-0.25, -0.2) is 9.78 Å². The lowest BCUT2D eigenvalue weighted by atomic mass is 10.1. The van der Waals surface area contributed by atoms with E-state index in [1.807, 2.05) is 54.6 Å². The fourth-order valence-electron chi connectivity index (χ4n) is 3.34. The van der Waals surface area contributed by atoms with Crippen LogP contribution in [0.1, 0.15) is 16.1 Å². The minimum absolute atomic E-state index is 0.0401. The number of alkyl halides is 3. The molecule has 0 aliphatic carbocycles. The predicted octanol–water partition coefficient (Wildman–Crippen LogP) is 4.34. The van der Waals surface area contributed by atoms with Crippen LogP contribution < -0.4 is 10.1 Å². The zero-order valence-corrected chi connectivity index (χ0v) is 17.4. The molecule has 0 saturated carbocycles. The lowest BCUT2D eigenvalue weighted by Crippen LogP contribution is -2.31. The molecule has 4 aromatic rings. The number of amides is 1. The van der Waals surface area contributed by atoms with E-state index in [0.29, 0.717) is 17.9 Å². The van der Waals surface area contributed by atoms with Gasteiger partial charge in [0, 0.05) is 41.5 Å². The molecule has 34 heavy (non-hydrogen) atoms. The summed E-state index contributed by atoms with van der Waals surface area (Å²) in [6.45, 7) is 0.651. The van der Waals surface area contributed by atoms with Crippen molar-refractivity contribution in [2.75, 3.05) is 6.54 Å². The maximum atomic E-state index is 12.1. The van der Waals surface area contributed by atoms with Crippen LogP contribution >= 0.6 is 0 Å². The molecule has 2 aromatic heterocycles. The molecule has 0 unspecified atom stereocenters. The summed E-state index contributed by atoms with van der Waals surface area (Å²) in [4.78, 5) is 33.3. The fourth-order valence-corrected chi connectivity index (χ4v) is 3.34. The van der Waals surface area contributed by atoms with Crippen molar-refractivity contribution in [2.45, 2.75) is 12.6 Å². The number of aromatic nitrogens is 3. The largest absolute Gasteiger partial charge is 0.490 e. The molecule has 0 saturated heterocycles.